The standard InChI is InChI=1S/C11H7BrCl2N2/c12-9-10(13)15-8(16-11(9)14)6-7-4-2-1-3-5-7/h1-5H,6H2. The molecule has 0 saturated heterocycles. The van der Waals surface area contributed by atoms with E-state index in [1.807, 2.05) is 30.3 Å². The third kappa shape index (κ3) is 2.73. The van der Waals surface area contributed by atoms with Gasteiger partial charge in [0.25, 0.3) is 0 Å². The molecule has 0 saturated carbocycles. The summed E-state index contributed by atoms with van der Waals surface area (Å²) in [6, 6.07) is 9.92. The SMILES string of the molecule is Clc1nc(Cc2ccccc2)nc(Cl)c1Br. The topological polar surface area (TPSA) is 25.8 Å². The summed E-state index contributed by atoms with van der Waals surface area (Å²) in [4.78, 5) is 8.30. The van der Waals surface area contributed by atoms with Gasteiger partial charge in [0.2, 0.25) is 0 Å². The molecule has 0 aliphatic carbocycles. The van der Waals surface area contributed by atoms with Crippen LogP contribution in [-0.2, 0) is 6.42 Å². The molecular weight excluding hydrogens is 311 g/mol. The largest absolute Gasteiger partial charge is 0.220 e. The average Bonchev–Trinajstić information content (AvgIpc) is 2.27. The summed E-state index contributed by atoms with van der Waals surface area (Å²) in [7, 11) is 0. The Kier molecular flexibility index (Phi) is 3.79. The lowest BCUT2D eigenvalue weighted by atomic mass is 10.1. The molecule has 0 unspecified atom stereocenters. The average molecular weight is 318 g/mol. The predicted molar refractivity (Wildman–Crippen MR) is 69.0 cm³/mol. The molecule has 1 heterocycles. The van der Waals surface area contributed by atoms with E-state index in [9.17, 15) is 0 Å². The molecule has 2 aromatic rings. The molecule has 0 bridgehead atoms. The van der Waals surface area contributed by atoms with E-state index < -0.39 is 0 Å². The van der Waals surface area contributed by atoms with Crippen LogP contribution in [0.4, 0.5) is 0 Å². The van der Waals surface area contributed by atoms with E-state index in [-0.39, 0.29) is 0 Å². The number of hydrogen-bond donors (Lipinski definition) is 0. The molecule has 5 heteroatoms. The Morgan fingerprint density at radius 2 is 1.56 bits per heavy atom. The van der Waals surface area contributed by atoms with Crippen LogP contribution in [0.15, 0.2) is 34.8 Å². The van der Waals surface area contributed by atoms with Crippen LogP contribution < -0.4 is 0 Å². The first-order valence-electron chi connectivity index (χ1n) is 4.58. The quantitative estimate of drug-likeness (QED) is 0.778. The van der Waals surface area contributed by atoms with Crippen LogP contribution in [0.3, 0.4) is 0 Å². The lowest BCUT2D eigenvalue weighted by Gasteiger charge is -2.03. The van der Waals surface area contributed by atoms with Gasteiger partial charge in [-0.25, -0.2) is 9.97 Å². The number of aromatic nitrogens is 2. The Balaban J connectivity index is 2.29. The number of nitrogens with zero attached hydrogens (tertiary/aromatic N) is 2. The fourth-order valence-corrected chi connectivity index (χ4v) is 1.89. The molecule has 2 nitrogen and oxygen atoms in total. The molecule has 0 atom stereocenters. The normalized spacial score (nSPS) is 10.4. The van der Waals surface area contributed by atoms with Crippen molar-refractivity contribution >= 4 is 39.1 Å². The molecule has 0 fully saturated rings. The lowest BCUT2D eigenvalue weighted by molar-refractivity contribution is 0.962. The molecule has 16 heavy (non-hydrogen) atoms. The minimum absolute atomic E-state index is 0.339. The van der Waals surface area contributed by atoms with Crippen LogP contribution in [0.25, 0.3) is 0 Å². The highest BCUT2D eigenvalue weighted by molar-refractivity contribution is 9.10. The van der Waals surface area contributed by atoms with Crippen molar-refractivity contribution in [2.24, 2.45) is 0 Å². The van der Waals surface area contributed by atoms with Crippen LogP contribution in [0.5, 0.6) is 0 Å². The molecule has 0 aliphatic heterocycles. The van der Waals surface area contributed by atoms with Gasteiger partial charge in [-0.3, -0.25) is 0 Å². The van der Waals surface area contributed by atoms with Gasteiger partial charge in [-0.15, -0.1) is 0 Å². The Bertz CT molecular complexity index is 480. The van der Waals surface area contributed by atoms with Crippen LogP contribution in [0, 0.1) is 0 Å². The summed E-state index contributed by atoms with van der Waals surface area (Å²) in [5.74, 6) is 0.615. The Morgan fingerprint density at radius 3 is 2.12 bits per heavy atom. The van der Waals surface area contributed by atoms with Crippen molar-refractivity contribution in [1.29, 1.82) is 0 Å². The molecule has 1 aromatic heterocycles. The maximum Gasteiger partial charge on any atom is 0.148 e. The van der Waals surface area contributed by atoms with E-state index in [1.165, 1.54) is 0 Å². The van der Waals surface area contributed by atoms with E-state index in [4.69, 9.17) is 23.2 Å². The smallest absolute Gasteiger partial charge is 0.148 e. The minimum atomic E-state index is 0.339. The molecule has 0 spiro atoms. The highest BCUT2D eigenvalue weighted by Crippen LogP contribution is 2.27. The van der Waals surface area contributed by atoms with Crippen molar-refractivity contribution in [3.63, 3.8) is 0 Å². The van der Waals surface area contributed by atoms with E-state index in [0.29, 0.717) is 27.0 Å². The summed E-state index contributed by atoms with van der Waals surface area (Å²) in [5.41, 5.74) is 1.12. The highest BCUT2D eigenvalue weighted by atomic mass is 79.9. The van der Waals surface area contributed by atoms with Gasteiger partial charge >= 0.3 is 0 Å². The van der Waals surface area contributed by atoms with Crippen LogP contribution in [0.1, 0.15) is 11.4 Å². The van der Waals surface area contributed by atoms with Gasteiger partial charge < -0.3 is 0 Å². The van der Waals surface area contributed by atoms with Crippen LogP contribution in [0.2, 0.25) is 10.3 Å². The molecule has 0 amide bonds. The number of rotatable bonds is 2. The zero-order chi connectivity index (χ0) is 11.5. The van der Waals surface area contributed by atoms with E-state index in [2.05, 4.69) is 25.9 Å². The van der Waals surface area contributed by atoms with Crippen LogP contribution >= 0.6 is 39.1 Å². The van der Waals surface area contributed by atoms with E-state index in [0.717, 1.165) is 5.56 Å². The van der Waals surface area contributed by atoms with Gasteiger partial charge in [0, 0.05) is 6.42 Å². The Hall–Kier alpha value is -0.640. The van der Waals surface area contributed by atoms with Crippen LogP contribution in [-0.4, -0.2) is 9.97 Å². The first kappa shape index (κ1) is 11.8. The third-order valence-electron chi connectivity index (χ3n) is 2.02. The summed E-state index contributed by atoms with van der Waals surface area (Å²) in [5, 5.41) is 0.678. The second kappa shape index (κ2) is 5.13. The van der Waals surface area contributed by atoms with Crippen molar-refractivity contribution < 1.29 is 0 Å². The number of benzene rings is 1. The zero-order valence-electron chi connectivity index (χ0n) is 8.12. The van der Waals surface area contributed by atoms with Gasteiger partial charge in [0.05, 0.1) is 4.47 Å². The van der Waals surface area contributed by atoms with Gasteiger partial charge in [-0.1, -0.05) is 53.5 Å². The van der Waals surface area contributed by atoms with Crippen molar-refractivity contribution in [3.05, 3.63) is 56.5 Å². The summed E-state index contributed by atoms with van der Waals surface area (Å²) >= 11 is 15.0. The summed E-state index contributed by atoms with van der Waals surface area (Å²) in [6.07, 6.45) is 0.619. The molecule has 1 aromatic carbocycles. The molecule has 0 aliphatic rings. The van der Waals surface area contributed by atoms with Crippen molar-refractivity contribution in [3.8, 4) is 0 Å². The maximum absolute atomic E-state index is 5.90. The fraction of sp³-hybridized carbons (Fsp3) is 0.0909. The molecular formula is C11H7BrCl2N2. The maximum atomic E-state index is 5.90. The van der Waals surface area contributed by atoms with Gasteiger partial charge in [0.1, 0.15) is 16.1 Å². The highest BCUT2D eigenvalue weighted by Gasteiger charge is 2.09. The molecule has 82 valence electrons. The molecule has 2 rings (SSSR count). The van der Waals surface area contributed by atoms with E-state index in [1.54, 1.807) is 0 Å². The second-order valence-electron chi connectivity index (χ2n) is 3.20. The second-order valence-corrected chi connectivity index (χ2v) is 4.71. The first-order chi connectivity index (χ1) is 7.66. The van der Waals surface area contributed by atoms with Crippen molar-refractivity contribution in [2.45, 2.75) is 6.42 Å². The monoisotopic (exact) mass is 316 g/mol. The fourth-order valence-electron chi connectivity index (χ4n) is 1.29. The van der Waals surface area contributed by atoms with E-state index >= 15 is 0 Å². The van der Waals surface area contributed by atoms with Gasteiger partial charge in [-0.05, 0) is 21.5 Å². The summed E-state index contributed by atoms with van der Waals surface area (Å²) < 4.78 is 0.535. The molecule has 0 N–H and O–H groups in total. The van der Waals surface area contributed by atoms with Gasteiger partial charge in [-0.2, -0.15) is 0 Å². The summed E-state index contributed by atoms with van der Waals surface area (Å²) in [6.45, 7) is 0. The third-order valence-corrected chi connectivity index (χ3v) is 3.78. The molecule has 0 radical (unpaired) electrons. The zero-order valence-corrected chi connectivity index (χ0v) is 11.2. The minimum Gasteiger partial charge on any atom is -0.220 e. The lowest BCUT2D eigenvalue weighted by Crippen LogP contribution is -1.98. The predicted octanol–water partition coefficient (Wildman–Crippen LogP) is 4.14. The number of halogens is 3. The Morgan fingerprint density at radius 1 is 1.00 bits per heavy atom. The van der Waals surface area contributed by atoms with Gasteiger partial charge in [0.15, 0.2) is 0 Å². The Labute approximate surface area is 112 Å². The number of hydrogen-bond acceptors (Lipinski definition) is 2. The van der Waals surface area contributed by atoms with Crippen molar-refractivity contribution in [2.75, 3.05) is 0 Å². The first-order valence-corrected chi connectivity index (χ1v) is 6.13. The van der Waals surface area contributed by atoms with Crippen molar-refractivity contribution in [1.82, 2.24) is 9.97 Å².